The molecule has 0 aromatic rings. The second-order valence-corrected chi connectivity index (χ2v) is 3.54. The predicted octanol–water partition coefficient (Wildman–Crippen LogP) is 1.91. The molecule has 2 heteroatoms. The maximum Gasteiger partial charge on any atom is 0.0665 e. The molecule has 12 heavy (non-hydrogen) atoms. The van der Waals surface area contributed by atoms with Gasteiger partial charge in [-0.3, -0.25) is 0 Å². The second kappa shape index (κ2) is 7.56. The van der Waals surface area contributed by atoms with Crippen LogP contribution in [0.1, 0.15) is 46.0 Å². The third kappa shape index (κ3) is 5.56. The molecular formula is C10H23NO. The highest BCUT2D eigenvalue weighted by Gasteiger charge is 2.10. The number of nitrogens with two attached hydrogens (primary N) is 1. The van der Waals surface area contributed by atoms with Crippen LogP contribution in [0.3, 0.4) is 0 Å². The van der Waals surface area contributed by atoms with Crippen molar-refractivity contribution in [1.82, 2.24) is 0 Å². The number of aliphatic hydroxyl groups excluding tert-OH is 1. The van der Waals surface area contributed by atoms with Gasteiger partial charge in [-0.05, 0) is 12.3 Å². The number of unbranched alkanes of at least 4 members (excludes halogenated alkanes) is 1. The summed E-state index contributed by atoms with van der Waals surface area (Å²) in [6.07, 6.45) is 5.52. The maximum absolute atomic E-state index is 9.33. The van der Waals surface area contributed by atoms with Gasteiger partial charge in [0.15, 0.2) is 0 Å². The summed E-state index contributed by atoms with van der Waals surface area (Å²) in [4.78, 5) is 0. The summed E-state index contributed by atoms with van der Waals surface area (Å²) in [5, 5.41) is 9.33. The van der Waals surface area contributed by atoms with Gasteiger partial charge in [-0.2, -0.15) is 0 Å². The molecule has 0 aliphatic rings. The molecule has 0 bridgehead atoms. The summed E-state index contributed by atoms with van der Waals surface area (Å²) < 4.78 is 0. The SMILES string of the molecule is CCCCC(CC)CC(O)CN. The highest BCUT2D eigenvalue weighted by atomic mass is 16.3. The molecule has 2 atom stereocenters. The molecule has 0 aliphatic heterocycles. The van der Waals surface area contributed by atoms with E-state index in [1.807, 2.05) is 0 Å². The van der Waals surface area contributed by atoms with E-state index in [4.69, 9.17) is 5.73 Å². The van der Waals surface area contributed by atoms with Crippen molar-refractivity contribution in [1.29, 1.82) is 0 Å². The fourth-order valence-corrected chi connectivity index (χ4v) is 1.46. The fraction of sp³-hybridized carbons (Fsp3) is 1.00. The van der Waals surface area contributed by atoms with Crippen molar-refractivity contribution in [2.24, 2.45) is 11.7 Å². The first-order valence-electron chi connectivity index (χ1n) is 5.12. The summed E-state index contributed by atoms with van der Waals surface area (Å²) >= 11 is 0. The largest absolute Gasteiger partial charge is 0.392 e. The third-order valence-electron chi connectivity index (χ3n) is 2.42. The van der Waals surface area contributed by atoms with Crippen molar-refractivity contribution >= 4 is 0 Å². The van der Waals surface area contributed by atoms with Gasteiger partial charge >= 0.3 is 0 Å². The van der Waals surface area contributed by atoms with E-state index >= 15 is 0 Å². The molecule has 0 aliphatic carbocycles. The lowest BCUT2D eigenvalue weighted by Crippen LogP contribution is -2.22. The van der Waals surface area contributed by atoms with Crippen molar-refractivity contribution in [3.05, 3.63) is 0 Å². The van der Waals surface area contributed by atoms with Gasteiger partial charge in [-0.15, -0.1) is 0 Å². The van der Waals surface area contributed by atoms with Gasteiger partial charge in [0, 0.05) is 6.54 Å². The second-order valence-electron chi connectivity index (χ2n) is 3.54. The zero-order chi connectivity index (χ0) is 9.40. The van der Waals surface area contributed by atoms with Crippen LogP contribution in [0.4, 0.5) is 0 Å². The van der Waals surface area contributed by atoms with Gasteiger partial charge in [-0.25, -0.2) is 0 Å². The van der Waals surface area contributed by atoms with Crippen LogP contribution in [-0.4, -0.2) is 17.8 Å². The summed E-state index contributed by atoms with van der Waals surface area (Å²) in [6, 6.07) is 0. The summed E-state index contributed by atoms with van der Waals surface area (Å²) in [7, 11) is 0. The molecule has 0 aromatic heterocycles. The van der Waals surface area contributed by atoms with Gasteiger partial charge in [0.1, 0.15) is 0 Å². The van der Waals surface area contributed by atoms with Crippen molar-refractivity contribution in [3.8, 4) is 0 Å². The van der Waals surface area contributed by atoms with Crippen LogP contribution in [0.5, 0.6) is 0 Å². The average molecular weight is 173 g/mol. The summed E-state index contributed by atoms with van der Waals surface area (Å²) in [6.45, 7) is 4.79. The monoisotopic (exact) mass is 173 g/mol. The lowest BCUT2D eigenvalue weighted by Gasteiger charge is -2.17. The zero-order valence-electron chi connectivity index (χ0n) is 8.42. The van der Waals surface area contributed by atoms with Crippen LogP contribution in [0.25, 0.3) is 0 Å². The quantitative estimate of drug-likeness (QED) is 0.618. The first kappa shape index (κ1) is 11.9. The molecule has 0 saturated heterocycles. The average Bonchev–Trinajstić information content (AvgIpc) is 2.11. The normalized spacial score (nSPS) is 16.0. The Morgan fingerprint density at radius 3 is 2.42 bits per heavy atom. The van der Waals surface area contributed by atoms with E-state index < -0.39 is 0 Å². The first-order valence-corrected chi connectivity index (χ1v) is 5.12. The Bertz CT molecular complexity index is 95.8. The summed E-state index contributed by atoms with van der Waals surface area (Å²) in [5.41, 5.74) is 5.35. The van der Waals surface area contributed by atoms with E-state index in [0.29, 0.717) is 12.5 Å². The van der Waals surface area contributed by atoms with E-state index in [2.05, 4.69) is 13.8 Å². The van der Waals surface area contributed by atoms with Gasteiger partial charge < -0.3 is 10.8 Å². The molecule has 0 spiro atoms. The fourth-order valence-electron chi connectivity index (χ4n) is 1.46. The highest BCUT2D eigenvalue weighted by molar-refractivity contribution is 4.64. The molecule has 3 N–H and O–H groups in total. The molecule has 0 fully saturated rings. The van der Waals surface area contributed by atoms with Gasteiger partial charge in [0.2, 0.25) is 0 Å². The summed E-state index contributed by atoms with van der Waals surface area (Å²) in [5.74, 6) is 0.670. The van der Waals surface area contributed by atoms with Crippen molar-refractivity contribution in [2.75, 3.05) is 6.54 Å². The molecule has 0 rings (SSSR count). The van der Waals surface area contributed by atoms with Crippen LogP contribution >= 0.6 is 0 Å². The van der Waals surface area contributed by atoms with Crippen LogP contribution in [-0.2, 0) is 0 Å². The molecule has 2 nitrogen and oxygen atoms in total. The van der Waals surface area contributed by atoms with Crippen LogP contribution in [0.15, 0.2) is 0 Å². The topological polar surface area (TPSA) is 46.2 Å². The third-order valence-corrected chi connectivity index (χ3v) is 2.42. The van der Waals surface area contributed by atoms with Crippen LogP contribution < -0.4 is 5.73 Å². The Balaban J connectivity index is 3.51. The number of hydrogen-bond acceptors (Lipinski definition) is 2. The van der Waals surface area contributed by atoms with E-state index in [1.54, 1.807) is 0 Å². The number of rotatable bonds is 7. The Labute approximate surface area is 76.2 Å². The zero-order valence-corrected chi connectivity index (χ0v) is 8.42. The number of aliphatic hydroxyl groups is 1. The van der Waals surface area contributed by atoms with Gasteiger partial charge in [0.05, 0.1) is 6.10 Å². The van der Waals surface area contributed by atoms with Gasteiger partial charge in [-0.1, -0.05) is 39.5 Å². The van der Waals surface area contributed by atoms with Crippen molar-refractivity contribution in [3.63, 3.8) is 0 Å². The van der Waals surface area contributed by atoms with E-state index in [0.717, 1.165) is 12.8 Å². The highest BCUT2D eigenvalue weighted by Crippen LogP contribution is 2.17. The molecule has 0 aromatic carbocycles. The molecule has 2 unspecified atom stereocenters. The smallest absolute Gasteiger partial charge is 0.0665 e. The molecule has 0 saturated carbocycles. The minimum Gasteiger partial charge on any atom is -0.392 e. The number of hydrogen-bond donors (Lipinski definition) is 2. The van der Waals surface area contributed by atoms with Crippen molar-refractivity contribution < 1.29 is 5.11 Å². The van der Waals surface area contributed by atoms with Crippen LogP contribution in [0, 0.1) is 5.92 Å². The molecule has 0 heterocycles. The minimum atomic E-state index is -0.285. The molecule has 0 amide bonds. The van der Waals surface area contributed by atoms with Crippen LogP contribution in [0.2, 0.25) is 0 Å². The predicted molar refractivity (Wildman–Crippen MR) is 53.0 cm³/mol. The minimum absolute atomic E-state index is 0.285. The lowest BCUT2D eigenvalue weighted by molar-refractivity contribution is 0.145. The van der Waals surface area contributed by atoms with Crippen molar-refractivity contribution in [2.45, 2.75) is 52.1 Å². The lowest BCUT2D eigenvalue weighted by atomic mass is 9.93. The molecular weight excluding hydrogens is 150 g/mol. The molecule has 0 radical (unpaired) electrons. The Morgan fingerprint density at radius 2 is 2.00 bits per heavy atom. The van der Waals surface area contributed by atoms with E-state index in [-0.39, 0.29) is 6.10 Å². The maximum atomic E-state index is 9.33. The standard InChI is InChI=1S/C10H23NO/c1-3-5-6-9(4-2)7-10(12)8-11/h9-10,12H,3-8,11H2,1-2H3. The van der Waals surface area contributed by atoms with E-state index in [9.17, 15) is 5.11 Å². The molecule has 74 valence electrons. The van der Waals surface area contributed by atoms with Gasteiger partial charge in [0.25, 0.3) is 0 Å². The Morgan fingerprint density at radius 1 is 1.33 bits per heavy atom. The Hall–Kier alpha value is -0.0800. The Kier molecular flexibility index (Phi) is 7.51. The first-order chi connectivity index (χ1) is 5.74. The van der Waals surface area contributed by atoms with E-state index in [1.165, 1.54) is 19.3 Å².